The Balaban J connectivity index is 3.25. The zero-order valence-electron chi connectivity index (χ0n) is 5.30. The van der Waals surface area contributed by atoms with Gasteiger partial charge in [-0.1, -0.05) is 0 Å². The molecule has 1 aromatic heterocycles. The third-order valence-corrected chi connectivity index (χ3v) is 1.55. The summed E-state index contributed by atoms with van der Waals surface area (Å²) in [5.74, 6) is 0. The van der Waals surface area contributed by atoms with Crippen LogP contribution in [0.2, 0.25) is 0 Å². The Labute approximate surface area is 72.3 Å². The summed E-state index contributed by atoms with van der Waals surface area (Å²) in [6, 6.07) is 1.96. The molecular weight excluding hydrogens is 241 g/mol. The van der Waals surface area contributed by atoms with Gasteiger partial charge in [0, 0.05) is 0 Å². The molecule has 0 saturated heterocycles. The molecule has 0 atom stereocenters. The highest BCUT2D eigenvalue weighted by atomic mass is 127. The number of aromatic nitrogens is 2. The molecule has 0 aliphatic rings. The van der Waals surface area contributed by atoms with Gasteiger partial charge in [0.15, 0.2) is 5.69 Å². The molecule has 10 heavy (non-hydrogen) atoms. The molecule has 1 heterocycles. The third-order valence-electron chi connectivity index (χ3n) is 1.03. The van der Waals surface area contributed by atoms with Crippen LogP contribution in [0.4, 0.5) is 0 Å². The second-order valence-corrected chi connectivity index (χ2v) is 2.84. The Morgan fingerprint density at radius 1 is 1.70 bits per heavy atom. The van der Waals surface area contributed by atoms with E-state index in [1.807, 2.05) is 28.7 Å². The second kappa shape index (κ2) is 2.92. The fourth-order valence-electron chi connectivity index (χ4n) is 0.534. The largest absolute Gasteiger partial charge is 0.256 e. The first kappa shape index (κ1) is 7.41. The molecule has 0 aliphatic carbocycles. The first-order chi connectivity index (χ1) is 4.74. The predicted molar refractivity (Wildman–Crippen MR) is 44.2 cm³/mol. The monoisotopic (exact) mass is 245 g/mol. The van der Waals surface area contributed by atoms with Crippen molar-refractivity contribution < 1.29 is 0 Å². The van der Waals surface area contributed by atoms with E-state index in [9.17, 15) is 0 Å². The molecule has 0 amide bonds. The molecule has 1 rings (SSSR count). The van der Waals surface area contributed by atoms with Crippen LogP contribution in [0.5, 0.6) is 0 Å². The maximum absolute atomic E-state index is 8.49. The number of hydrogen-bond donors (Lipinski definition) is 0. The van der Waals surface area contributed by atoms with Crippen molar-refractivity contribution in [3.05, 3.63) is 21.3 Å². The number of halogens is 1. The summed E-state index contributed by atoms with van der Waals surface area (Å²) in [6.45, 7) is 1.77. The summed E-state index contributed by atoms with van der Waals surface area (Å²) in [6.07, 6.45) is 1.64. The zero-order valence-corrected chi connectivity index (χ0v) is 7.45. The van der Waals surface area contributed by atoms with Gasteiger partial charge in [0.05, 0.1) is 11.9 Å². The van der Waals surface area contributed by atoms with Crippen molar-refractivity contribution in [1.82, 2.24) is 9.97 Å². The maximum atomic E-state index is 8.49. The van der Waals surface area contributed by atoms with Crippen LogP contribution in [-0.4, -0.2) is 9.97 Å². The molecule has 3 nitrogen and oxygen atoms in total. The number of aryl methyl sites for hydroxylation is 1. The number of nitrogens with zero attached hydrogens (tertiary/aromatic N) is 3. The minimum absolute atomic E-state index is 0.409. The van der Waals surface area contributed by atoms with Gasteiger partial charge in [0.25, 0.3) is 0 Å². The minimum Gasteiger partial charge on any atom is -0.256 e. The molecule has 0 fully saturated rings. The summed E-state index contributed by atoms with van der Waals surface area (Å²) in [5, 5.41) is 8.49. The summed E-state index contributed by atoms with van der Waals surface area (Å²) >= 11 is 2.02. The third kappa shape index (κ3) is 1.42. The summed E-state index contributed by atoms with van der Waals surface area (Å²) in [7, 11) is 0. The van der Waals surface area contributed by atoms with E-state index in [0.29, 0.717) is 11.4 Å². The first-order valence-electron chi connectivity index (χ1n) is 2.63. The molecule has 0 unspecified atom stereocenters. The lowest BCUT2D eigenvalue weighted by atomic mass is 10.3. The topological polar surface area (TPSA) is 49.6 Å². The highest BCUT2D eigenvalue weighted by Crippen LogP contribution is 2.02. The van der Waals surface area contributed by atoms with E-state index in [2.05, 4.69) is 9.97 Å². The normalized spacial score (nSPS) is 8.90. The number of hydrogen-bond acceptors (Lipinski definition) is 3. The maximum Gasteiger partial charge on any atom is 0.162 e. The molecule has 0 aromatic carbocycles. The van der Waals surface area contributed by atoms with E-state index in [0.717, 1.165) is 3.70 Å². The van der Waals surface area contributed by atoms with Gasteiger partial charge in [-0.25, -0.2) is 4.98 Å². The van der Waals surface area contributed by atoms with Crippen molar-refractivity contribution in [3.8, 4) is 6.07 Å². The number of nitriles is 1. The SMILES string of the molecule is Cc1ncc(I)nc1C#N. The van der Waals surface area contributed by atoms with Gasteiger partial charge in [-0.3, -0.25) is 4.98 Å². The fourth-order valence-corrected chi connectivity index (χ4v) is 0.914. The average molecular weight is 245 g/mol. The highest BCUT2D eigenvalue weighted by molar-refractivity contribution is 14.1. The molecule has 0 radical (unpaired) electrons. The lowest BCUT2D eigenvalue weighted by Crippen LogP contribution is -1.93. The van der Waals surface area contributed by atoms with Crippen molar-refractivity contribution in [2.45, 2.75) is 6.92 Å². The summed E-state index contributed by atoms with van der Waals surface area (Å²) in [5.41, 5.74) is 1.09. The van der Waals surface area contributed by atoms with Crippen LogP contribution in [0.3, 0.4) is 0 Å². The quantitative estimate of drug-likeness (QED) is 0.646. The molecule has 4 heteroatoms. The summed E-state index contributed by atoms with van der Waals surface area (Å²) < 4.78 is 0.750. The summed E-state index contributed by atoms with van der Waals surface area (Å²) in [4.78, 5) is 7.91. The van der Waals surface area contributed by atoms with Gasteiger partial charge in [0.2, 0.25) is 0 Å². The Morgan fingerprint density at radius 3 is 2.90 bits per heavy atom. The zero-order chi connectivity index (χ0) is 7.56. The lowest BCUT2D eigenvalue weighted by Gasteiger charge is -1.93. The molecule has 0 N–H and O–H groups in total. The second-order valence-electron chi connectivity index (χ2n) is 1.74. The van der Waals surface area contributed by atoms with E-state index in [1.54, 1.807) is 13.1 Å². The molecular formula is C6H4IN3. The van der Waals surface area contributed by atoms with Gasteiger partial charge >= 0.3 is 0 Å². The molecule has 0 aliphatic heterocycles. The van der Waals surface area contributed by atoms with E-state index in [1.165, 1.54) is 0 Å². The smallest absolute Gasteiger partial charge is 0.162 e. The Hall–Kier alpha value is -0.700. The lowest BCUT2D eigenvalue weighted by molar-refractivity contribution is 1.06. The van der Waals surface area contributed by atoms with Crippen LogP contribution in [0.25, 0.3) is 0 Å². The Bertz CT molecular complexity index is 290. The standard InChI is InChI=1S/C6H4IN3/c1-4-5(2-8)10-6(7)3-9-4/h3H,1H3. The van der Waals surface area contributed by atoms with E-state index in [-0.39, 0.29) is 0 Å². The first-order valence-corrected chi connectivity index (χ1v) is 3.71. The highest BCUT2D eigenvalue weighted by Gasteiger charge is 1.98. The van der Waals surface area contributed by atoms with Crippen molar-refractivity contribution in [3.63, 3.8) is 0 Å². The van der Waals surface area contributed by atoms with Gasteiger partial charge in [-0.05, 0) is 29.5 Å². The van der Waals surface area contributed by atoms with Crippen LogP contribution in [0.15, 0.2) is 6.20 Å². The van der Waals surface area contributed by atoms with Crippen molar-refractivity contribution in [1.29, 1.82) is 5.26 Å². The van der Waals surface area contributed by atoms with Crippen molar-refractivity contribution in [2.75, 3.05) is 0 Å². The van der Waals surface area contributed by atoms with Gasteiger partial charge < -0.3 is 0 Å². The molecule has 50 valence electrons. The van der Waals surface area contributed by atoms with Crippen LogP contribution in [0, 0.1) is 22.0 Å². The van der Waals surface area contributed by atoms with Gasteiger partial charge in [-0.15, -0.1) is 0 Å². The van der Waals surface area contributed by atoms with Crippen LogP contribution >= 0.6 is 22.6 Å². The van der Waals surface area contributed by atoms with Crippen LogP contribution in [0.1, 0.15) is 11.4 Å². The molecule has 0 bridgehead atoms. The molecule has 0 spiro atoms. The average Bonchev–Trinajstić information content (AvgIpc) is 1.94. The fraction of sp³-hybridized carbons (Fsp3) is 0.167. The van der Waals surface area contributed by atoms with E-state index in [4.69, 9.17) is 5.26 Å². The van der Waals surface area contributed by atoms with Crippen molar-refractivity contribution >= 4 is 22.6 Å². The van der Waals surface area contributed by atoms with E-state index >= 15 is 0 Å². The Morgan fingerprint density at radius 2 is 2.40 bits per heavy atom. The molecule has 0 saturated carbocycles. The van der Waals surface area contributed by atoms with Crippen LogP contribution in [-0.2, 0) is 0 Å². The Kier molecular flexibility index (Phi) is 2.17. The molecule has 1 aromatic rings. The van der Waals surface area contributed by atoms with Crippen LogP contribution < -0.4 is 0 Å². The van der Waals surface area contributed by atoms with Gasteiger partial charge in [0.1, 0.15) is 9.77 Å². The minimum atomic E-state index is 0.409. The predicted octanol–water partition coefficient (Wildman–Crippen LogP) is 1.26. The van der Waals surface area contributed by atoms with Crippen molar-refractivity contribution in [2.24, 2.45) is 0 Å². The van der Waals surface area contributed by atoms with Gasteiger partial charge in [-0.2, -0.15) is 5.26 Å². The number of rotatable bonds is 0. The van der Waals surface area contributed by atoms with E-state index < -0.39 is 0 Å².